The summed E-state index contributed by atoms with van der Waals surface area (Å²) in [6, 6.07) is 9.12. The molecule has 1 N–H and O–H groups in total. The van der Waals surface area contributed by atoms with E-state index >= 15 is 0 Å². The molecule has 140 valence electrons. The third kappa shape index (κ3) is 4.25. The highest BCUT2D eigenvalue weighted by Gasteiger charge is 2.12. The maximum Gasteiger partial charge on any atom is 0.387 e. The fraction of sp³-hybridized carbons (Fsp3) is 0.167. The molecule has 2 aromatic carbocycles. The van der Waals surface area contributed by atoms with E-state index in [0.29, 0.717) is 28.1 Å². The van der Waals surface area contributed by atoms with Crippen LogP contribution in [0.4, 0.5) is 13.2 Å². The summed E-state index contributed by atoms with van der Waals surface area (Å²) in [6.07, 6.45) is 1.53. The first-order valence-corrected chi connectivity index (χ1v) is 8.29. The van der Waals surface area contributed by atoms with Gasteiger partial charge in [0.15, 0.2) is 5.82 Å². The molecule has 9 heteroatoms. The molecule has 0 bridgehead atoms. The van der Waals surface area contributed by atoms with Crippen LogP contribution in [0.3, 0.4) is 0 Å². The smallest absolute Gasteiger partial charge is 0.387 e. The lowest BCUT2D eigenvalue weighted by Crippen LogP contribution is -2.05. The zero-order valence-corrected chi connectivity index (χ0v) is 15.2. The molecule has 27 heavy (non-hydrogen) atoms. The Balaban J connectivity index is 1.94. The normalized spacial score (nSPS) is 11.5. The van der Waals surface area contributed by atoms with Crippen LogP contribution in [0, 0.1) is 24.4 Å². The van der Waals surface area contributed by atoms with Gasteiger partial charge in [0, 0.05) is 5.56 Å². The predicted octanol–water partition coefficient (Wildman–Crippen LogP) is 4.85. The number of aryl methyl sites for hydroxylation is 2. The minimum absolute atomic E-state index is 0.147. The van der Waals surface area contributed by atoms with E-state index in [1.54, 1.807) is 38.1 Å². The van der Waals surface area contributed by atoms with Crippen LogP contribution in [0.25, 0.3) is 11.4 Å². The van der Waals surface area contributed by atoms with Crippen molar-refractivity contribution in [2.45, 2.75) is 20.5 Å². The second-order valence-corrected chi connectivity index (χ2v) is 6.16. The summed E-state index contributed by atoms with van der Waals surface area (Å²) in [7, 11) is 0. The van der Waals surface area contributed by atoms with Crippen molar-refractivity contribution < 1.29 is 17.9 Å². The first-order valence-electron chi connectivity index (χ1n) is 7.89. The number of rotatable bonds is 5. The molecular weight excluding hydrogens is 377 g/mol. The van der Waals surface area contributed by atoms with Gasteiger partial charge in [-0.2, -0.15) is 23.7 Å². The summed E-state index contributed by atoms with van der Waals surface area (Å²) in [5, 5.41) is 11.1. The van der Waals surface area contributed by atoms with E-state index in [9.17, 15) is 13.2 Å². The Morgan fingerprint density at radius 1 is 1.19 bits per heavy atom. The summed E-state index contributed by atoms with van der Waals surface area (Å²) in [6.45, 7) is 0.467. The molecule has 0 aliphatic heterocycles. The monoisotopic (exact) mass is 392 g/mol. The van der Waals surface area contributed by atoms with Crippen LogP contribution < -0.4 is 4.74 Å². The van der Waals surface area contributed by atoms with E-state index in [2.05, 4.69) is 20.0 Å². The first kappa shape index (κ1) is 18.8. The van der Waals surface area contributed by atoms with Crippen molar-refractivity contribution in [2.24, 2.45) is 5.10 Å². The van der Waals surface area contributed by atoms with E-state index < -0.39 is 6.61 Å². The SMILES string of the molecule is Cc1cc(/C=N\n2c(-c3ccc(F)cc3)n[nH]c2=S)cc(C)c1OC(F)F. The molecule has 0 radical (unpaired) electrons. The van der Waals surface area contributed by atoms with Gasteiger partial charge in [0.25, 0.3) is 0 Å². The van der Waals surface area contributed by atoms with E-state index in [4.69, 9.17) is 12.2 Å². The number of hydrogen-bond acceptors (Lipinski definition) is 4. The van der Waals surface area contributed by atoms with Gasteiger partial charge in [-0.3, -0.25) is 0 Å². The van der Waals surface area contributed by atoms with Gasteiger partial charge in [-0.1, -0.05) is 0 Å². The molecule has 0 aliphatic rings. The van der Waals surface area contributed by atoms with Crippen LogP contribution in [0.5, 0.6) is 5.75 Å². The van der Waals surface area contributed by atoms with Crippen molar-refractivity contribution in [3.05, 3.63) is 63.7 Å². The van der Waals surface area contributed by atoms with Crippen LogP contribution >= 0.6 is 12.2 Å². The standard InChI is InChI=1S/C18H15F3N4OS/c1-10-7-12(8-11(2)15(10)26-17(20)21)9-22-25-16(23-24-18(25)27)13-3-5-14(19)6-4-13/h3-9,17H,1-2H3,(H,24,27)/b22-9-. The fourth-order valence-electron chi connectivity index (χ4n) is 2.64. The van der Waals surface area contributed by atoms with Crippen LogP contribution in [0.2, 0.25) is 0 Å². The maximum absolute atomic E-state index is 13.1. The molecule has 5 nitrogen and oxygen atoms in total. The molecule has 0 saturated carbocycles. The minimum atomic E-state index is -2.88. The van der Waals surface area contributed by atoms with Crippen molar-refractivity contribution in [1.29, 1.82) is 0 Å². The minimum Gasteiger partial charge on any atom is -0.434 e. The molecule has 0 atom stereocenters. The fourth-order valence-corrected chi connectivity index (χ4v) is 2.82. The van der Waals surface area contributed by atoms with Gasteiger partial charge in [-0.15, -0.1) is 0 Å². The lowest BCUT2D eigenvalue weighted by atomic mass is 10.1. The number of ether oxygens (including phenoxy) is 1. The topological polar surface area (TPSA) is 55.2 Å². The van der Waals surface area contributed by atoms with Gasteiger partial charge in [0.05, 0.1) is 6.21 Å². The zero-order chi connectivity index (χ0) is 19.6. The van der Waals surface area contributed by atoms with E-state index in [0.717, 1.165) is 0 Å². The van der Waals surface area contributed by atoms with Gasteiger partial charge in [-0.25, -0.2) is 9.49 Å². The highest BCUT2D eigenvalue weighted by Crippen LogP contribution is 2.26. The lowest BCUT2D eigenvalue weighted by Gasteiger charge is -2.11. The Bertz CT molecular complexity index is 1020. The van der Waals surface area contributed by atoms with Gasteiger partial charge in [-0.05, 0) is 79.2 Å². The molecule has 0 aliphatic carbocycles. The average Bonchev–Trinajstić information content (AvgIpc) is 2.97. The third-order valence-electron chi connectivity index (χ3n) is 3.76. The van der Waals surface area contributed by atoms with Crippen molar-refractivity contribution in [3.63, 3.8) is 0 Å². The Kier molecular flexibility index (Phi) is 5.41. The summed E-state index contributed by atoms with van der Waals surface area (Å²) in [5.74, 6) is 0.205. The molecule has 0 saturated heterocycles. The first-order chi connectivity index (χ1) is 12.8. The zero-order valence-electron chi connectivity index (χ0n) is 14.4. The number of halogens is 3. The predicted molar refractivity (Wildman–Crippen MR) is 98.3 cm³/mol. The average molecular weight is 392 g/mol. The third-order valence-corrected chi connectivity index (χ3v) is 4.03. The number of alkyl halides is 2. The Morgan fingerprint density at radius 3 is 2.41 bits per heavy atom. The quantitative estimate of drug-likeness (QED) is 0.499. The summed E-state index contributed by atoms with van der Waals surface area (Å²) >= 11 is 5.19. The Labute approximate surface area is 158 Å². The Morgan fingerprint density at radius 2 is 1.81 bits per heavy atom. The number of benzene rings is 2. The number of hydrogen-bond donors (Lipinski definition) is 1. The van der Waals surface area contributed by atoms with Crippen molar-refractivity contribution >= 4 is 18.4 Å². The van der Waals surface area contributed by atoms with Crippen molar-refractivity contribution in [2.75, 3.05) is 0 Å². The molecule has 0 spiro atoms. The number of aromatic amines is 1. The van der Waals surface area contributed by atoms with Crippen LogP contribution in [-0.2, 0) is 0 Å². The number of nitrogens with one attached hydrogen (secondary N) is 1. The molecule has 1 aromatic heterocycles. The number of aromatic nitrogens is 3. The molecule has 0 amide bonds. The van der Waals surface area contributed by atoms with Gasteiger partial charge >= 0.3 is 6.61 Å². The summed E-state index contributed by atoms with van der Waals surface area (Å²) in [4.78, 5) is 0. The van der Waals surface area contributed by atoms with Crippen molar-refractivity contribution in [1.82, 2.24) is 14.9 Å². The van der Waals surface area contributed by atoms with Gasteiger partial charge < -0.3 is 4.74 Å². The molecule has 0 fully saturated rings. The molecule has 1 heterocycles. The van der Waals surface area contributed by atoms with Crippen LogP contribution in [0.1, 0.15) is 16.7 Å². The van der Waals surface area contributed by atoms with E-state index in [1.165, 1.54) is 23.0 Å². The molecule has 0 unspecified atom stereocenters. The maximum atomic E-state index is 13.1. The van der Waals surface area contributed by atoms with Gasteiger partial charge in [0.2, 0.25) is 4.77 Å². The Hall–Kier alpha value is -2.94. The van der Waals surface area contributed by atoms with E-state index in [-0.39, 0.29) is 16.3 Å². The largest absolute Gasteiger partial charge is 0.434 e. The highest BCUT2D eigenvalue weighted by atomic mass is 32.1. The second-order valence-electron chi connectivity index (χ2n) is 5.78. The van der Waals surface area contributed by atoms with Gasteiger partial charge in [0.1, 0.15) is 11.6 Å². The molecule has 3 aromatic rings. The van der Waals surface area contributed by atoms with Crippen molar-refractivity contribution in [3.8, 4) is 17.1 Å². The highest BCUT2D eigenvalue weighted by molar-refractivity contribution is 7.71. The molecular formula is C18H15F3N4OS. The van der Waals surface area contributed by atoms with E-state index in [1.807, 2.05) is 0 Å². The summed E-state index contributed by atoms with van der Waals surface area (Å²) in [5.41, 5.74) is 2.44. The molecule has 3 rings (SSSR count). The van der Waals surface area contributed by atoms with Crippen LogP contribution in [-0.4, -0.2) is 27.7 Å². The van der Waals surface area contributed by atoms with Crippen LogP contribution in [0.15, 0.2) is 41.5 Å². The summed E-state index contributed by atoms with van der Waals surface area (Å²) < 4.78 is 44.3. The lowest BCUT2D eigenvalue weighted by molar-refractivity contribution is -0.0507. The number of H-pyrrole nitrogens is 1. The second kappa shape index (κ2) is 7.75. The number of nitrogens with zero attached hydrogens (tertiary/aromatic N) is 3.